The van der Waals surface area contributed by atoms with E-state index in [0.717, 1.165) is 25.6 Å². The van der Waals surface area contributed by atoms with Crippen LogP contribution in [0.3, 0.4) is 0 Å². The van der Waals surface area contributed by atoms with E-state index >= 15 is 0 Å². The largest absolute Gasteiger partial charge is 0.356 e. The van der Waals surface area contributed by atoms with Gasteiger partial charge in [0, 0.05) is 26.2 Å². The number of likely N-dealkylation sites (N-methyl/N-ethyl adjacent to an activating group) is 1. The molecule has 0 aromatic carbocycles. The van der Waals surface area contributed by atoms with Gasteiger partial charge in [0.25, 0.3) is 0 Å². The Bertz CT molecular complexity index is 323. The summed E-state index contributed by atoms with van der Waals surface area (Å²) >= 11 is 0. The minimum Gasteiger partial charge on any atom is -0.356 e. The van der Waals surface area contributed by atoms with Gasteiger partial charge in [-0.05, 0) is 59.4 Å². The monoisotopic (exact) mass is 453 g/mol. The lowest BCUT2D eigenvalue weighted by Crippen LogP contribution is -2.45. The van der Waals surface area contributed by atoms with Crippen LogP contribution >= 0.6 is 24.0 Å². The lowest BCUT2D eigenvalue weighted by Gasteiger charge is -2.24. The molecule has 0 bridgehead atoms. The first kappa shape index (κ1) is 23.9. The SMILES string of the molecule is CCN1CCCC1CNC(=NC)NCCCCCCCN(C)C.I. The van der Waals surface area contributed by atoms with Crippen LogP contribution in [0.4, 0.5) is 0 Å². The maximum atomic E-state index is 4.34. The van der Waals surface area contributed by atoms with Gasteiger partial charge in [0.2, 0.25) is 0 Å². The quantitative estimate of drug-likeness (QED) is 0.219. The van der Waals surface area contributed by atoms with Crippen molar-refractivity contribution in [2.75, 3.05) is 53.9 Å². The van der Waals surface area contributed by atoms with E-state index in [-0.39, 0.29) is 24.0 Å². The summed E-state index contributed by atoms with van der Waals surface area (Å²) in [4.78, 5) is 9.17. The fraction of sp³-hybridized carbons (Fsp3) is 0.944. The predicted octanol–water partition coefficient (Wildman–Crippen LogP) is 2.77. The Kier molecular flexibility index (Phi) is 15.1. The number of hydrogen-bond donors (Lipinski definition) is 2. The summed E-state index contributed by atoms with van der Waals surface area (Å²) in [6.07, 6.45) is 9.19. The molecule has 6 heteroatoms. The Hall–Kier alpha value is -0.0800. The summed E-state index contributed by atoms with van der Waals surface area (Å²) in [6, 6.07) is 0.676. The molecule has 1 fully saturated rings. The normalized spacial score (nSPS) is 18.7. The van der Waals surface area contributed by atoms with Crippen LogP contribution in [0.1, 0.15) is 51.9 Å². The van der Waals surface area contributed by atoms with Gasteiger partial charge < -0.3 is 15.5 Å². The zero-order valence-electron chi connectivity index (χ0n) is 16.3. The highest BCUT2D eigenvalue weighted by Gasteiger charge is 2.22. The number of halogens is 1. The van der Waals surface area contributed by atoms with E-state index in [4.69, 9.17) is 0 Å². The molecular weight excluding hydrogens is 413 g/mol. The van der Waals surface area contributed by atoms with Gasteiger partial charge in [-0.1, -0.05) is 26.2 Å². The minimum atomic E-state index is 0. The molecule has 0 saturated carbocycles. The van der Waals surface area contributed by atoms with E-state index in [1.165, 1.54) is 58.0 Å². The second kappa shape index (κ2) is 15.2. The number of guanidine groups is 1. The molecule has 1 aliphatic heterocycles. The maximum Gasteiger partial charge on any atom is 0.191 e. The number of aliphatic imine (C=N–C) groups is 1. The van der Waals surface area contributed by atoms with Crippen molar-refractivity contribution in [2.24, 2.45) is 4.99 Å². The number of nitrogens with one attached hydrogen (secondary N) is 2. The first-order valence-electron chi connectivity index (χ1n) is 9.50. The first-order valence-corrected chi connectivity index (χ1v) is 9.50. The molecule has 0 radical (unpaired) electrons. The second-order valence-electron chi connectivity index (χ2n) is 6.88. The Balaban J connectivity index is 0.00000529. The van der Waals surface area contributed by atoms with Crippen molar-refractivity contribution in [3.05, 3.63) is 0 Å². The summed E-state index contributed by atoms with van der Waals surface area (Å²) in [5.74, 6) is 0.959. The van der Waals surface area contributed by atoms with Crippen molar-refractivity contribution < 1.29 is 0 Å². The van der Waals surface area contributed by atoms with Gasteiger partial charge in [0.05, 0.1) is 0 Å². The third kappa shape index (κ3) is 10.7. The van der Waals surface area contributed by atoms with E-state index < -0.39 is 0 Å². The van der Waals surface area contributed by atoms with E-state index in [9.17, 15) is 0 Å². The fourth-order valence-corrected chi connectivity index (χ4v) is 3.27. The highest BCUT2D eigenvalue weighted by Crippen LogP contribution is 2.15. The summed E-state index contributed by atoms with van der Waals surface area (Å²) in [5.41, 5.74) is 0. The Labute approximate surface area is 167 Å². The van der Waals surface area contributed by atoms with Gasteiger partial charge in [0.1, 0.15) is 0 Å². The molecule has 1 atom stereocenters. The van der Waals surface area contributed by atoms with Crippen molar-refractivity contribution in [2.45, 2.75) is 57.9 Å². The Morgan fingerprint density at radius 3 is 2.50 bits per heavy atom. The lowest BCUT2D eigenvalue weighted by atomic mass is 10.1. The van der Waals surface area contributed by atoms with E-state index in [2.05, 4.69) is 46.4 Å². The molecule has 1 unspecified atom stereocenters. The van der Waals surface area contributed by atoms with Crippen molar-refractivity contribution in [3.63, 3.8) is 0 Å². The van der Waals surface area contributed by atoms with Crippen molar-refractivity contribution in [3.8, 4) is 0 Å². The molecular formula is C18H40IN5. The molecule has 1 heterocycles. The molecule has 1 aliphatic rings. The molecule has 1 saturated heterocycles. The Morgan fingerprint density at radius 2 is 1.83 bits per heavy atom. The Morgan fingerprint density at radius 1 is 1.12 bits per heavy atom. The summed E-state index contributed by atoms with van der Waals surface area (Å²) < 4.78 is 0. The maximum absolute atomic E-state index is 4.34. The standard InChI is InChI=1S/C18H39N5.HI/c1-5-23-15-11-12-17(23)16-21-18(19-2)20-13-9-7-6-8-10-14-22(3)4;/h17H,5-16H2,1-4H3,(H2,19,20,21);1H. The summed E-state index contributed by atoms with van der Waals surface area (Å²) in [6.45, 7) is 7.91. The summed E-state index contributed by atoms with van der Waals surface area (Å²) in [5, 5.41) is 6.94. The van der Waals surface area contributed by atoms with Gasteiger partial charge in [0.15, 0.2) is 5.96 Å². The third-order valence-corrected chi connectivity index (χ3v) is 4.71. The van der Waals surface area contributed by atoms with Crippen LogP contribution in [-0.4, -0.2) is 75.7 Å². The van der Waals surface area contributed by atoms with E-state index in [0.29, 0.717) is 6.04 Å². The van der Waals surface area contributed by atoms with Crippen LogP contribution in [0.15, 0.2) is 4.99 Å². The second-order valence-corrected chi connectivity index (χ2v) is 6.88. The molecule has 0 aromatic rings. The number of nitrogens with zero attached hydrogens (tertiary/aromatic N) is 3. The number of unbranched alkanes of at least 4 members (excludes halogenated alkanes) is 4. The summed E-state index contributed by atoms with van der Waals surface area (Å²) in [7, 11) is 6.16. The van der Waals surface area contributed by atoms with Crippen LogP contribution in [-0.2, 0) is 0 Å². The van der Waals surface area contributed by atoms with Crippen LogP contribution in [0, 0.1) is 0 Å². The highest BCUT2D eigenvalue weighted by molar-refractivity contribution is 14.0. The molecule has 24 heavy (non-hydrogen) atoms. The van der Waals surface area contributed by atoms with Gasteiger partial charge >= 0.3 is 0 Å². The smallest absolute Gasteiger partial charge is 0.191 e. The number of likely N-dealkylation sites (tertiary alicyclic amines) is 1. The minimum absolute atomic E-state index is 0. The van der Waals surface area contributed by atoms with Crippen LogP contribution in [0.25, 0.3) is 0 Å². The number of rotatable bonds is 11. The molecule has 144 valence electrons. The molecule has 0 aromatic heterocycles. The average molecular weight is 453 g/mol. The third-order valence-electron chi connectivity index (χ3n) is 4.71. The molecule has 0 spiro atoms. The number of hydrogen-bond acceptors (Lipinski definition) is 3. The van der Waals surface area contributed by atoms with Gasteiger partial charge in [-0.2, -0.15) is 0 Å². The topological polar surface area (TPSA) is 42.9 Å². The van der Waals surface area contributed by atoms with Gasteiger partial charge in [-0.3, -0.25) is 9.89 Å². The molecule has 0 aliphatic carbocycles. The zero-order chi connectivity index (χ0) is 16.9. The van der Waals surface area contributed by atoms with Crippen LogP contribution in [0.5, 0.6) is 0 Å². The average Bonchev–Trinajstić information content (AvgIpc) is 3.00. The lowest BCUT2D eigenvalue weighted by molar-refractivity contribution is 0.267. The predicted molar refractivity (Wildman–Crippen MR) is 117 cm³/mol. The highest BCUT2D eigenvalue weighted by atomic mass is 127. The van der Waals surface area contributed by atoms with Crippen molar-refractivity contribution in [1.82, 2.24) is 20.4 Å². The first-order chi connectivity index (χ1) is 11.2. The van der Waals surface area contributed by atoms with Gasteiger partial charge in [-0.25, -0.2) is 0 Å². The van der Waals surface area contributed by atoms with Crippen molar-refractivity contribution in [1.29, 1.82) is 0 Å². The van der Waals surface area contributed by atoms with Crippen LogP contribution < -0.4 is 10.6 Å². The molecule has 0 amide bonds. The van der Waals surface area contributed by atoms with Crippen molar-refractivity contribution >= 4 is 29.9 Å². The van der Waals surface area contributed by atoms with Crippen LogP contribution in [0.2, 0.25) is 0 Å². The van der Waals surface area contributed by atoms with Gasteiger partial charge in [-0.15, -0.1) is 24.0 Å². The molecule has 5 nitrogen and oxygen atoms in total. The van der Waals surface area contributed by atoms with E-state index in [1.54, 1.807) is 0 Å². The molecule has 1 rings (SSSR count). The van der Waals surface area contributed by atoms with E-state index in [1.807, 2.05) is 7.05 Å². The fourth-order valence-electron chi connectivity index (χ4n) is 3.27. The molecule has 2 N–H and O–H groups in total. The zero-order valence-corrected chi connectivity index (χ0v) is 18.6.